The zero-order valence-corrected chi connectivity index (χ0v) is 13.6. The van der Waals surface area contributed by atoms with Crippen LogP contribution in [-0.4, -0.2) is 34.0 Å². The summed E-state index contributed by atoms with van der Waals surface area (Å²) in [6, 6.07) is 0.200. The summed E-state index contributed by atoms with van der Waals surface area (Å²) in [6.45, 7) is 9.86. The van der Waals surface area contributed by atoms with Crippen molar-refractivity contribution >= 4 is 17.3 Å². The van der Waals surface area contributed by atoms with E-state index in [9.17, 15) is 9.90 Å². The molecular formula is C15H24N2O2S. The van der Waals surface area contributed by atoms with Gasteiger partial charge in [0.15, 0.2) is 0 Å². The molecule has 4 nitrogen and oxygen atoms in total. The number of hydrogen-bond donors (Lipinski definition) is 1. The third-order valence-electron chi connectivity index (χ3n) is 4.62. The molecule has 1 saturated heterocycles. The molecule has 0 radical (unpaired) electrons. The third-order valence-corrected chi connectivity index (χ3v) is 5.52. The number of carboxylic acid groups (broad SMARTS) is 1. The van der Waals surface area contributed by atoms with Crippen LogP contribution >= 0.6 is 11.3 Å². The lowest BCUT2D eigenvalue weighted by atomic mass is 9.77. The number of aromatic nitrogens is 1. The summed E-state index contributed by atoms with van der Waals surface area (Å²) in [5.74, 6) is -0.650. The number of carbonyl (C=O) groups is 1. The fraction of sp³-hybridized carbons (Fsp3) is 0.733. The van der Waals surface area contributed by atoms with Crippen LogP contribution in [0.5, 0.6) is 0 Å². The normalized spacial score (nSPS) is 25.6. The number of nitrogens with zero attached hydrogens (tertiary/aromatic N) is 2. The number of rotatable bonds is 4. The molecule has 0 saturated carbocycles. The molecule has 0 aliphatic carbocycles. The lowest BCUT2D eigenvalue weighted by molar-refractivity contribution is -0.153. The first-order valence-electron chi connectivity index (χ1n) is 7.31. The Hall–Kier alpha value is -0.940. The molecule has 0 aromatic carbocycles. The SMILES string of the molecule is CCC1(C(=O)O)CCCN(C(C)c2nc(C)sc2C)C1. The number of hydrogen-bond acceptors (Lipinski definition) is 4. The average molecular weight is 296 g/mol. The maximum Gasteiger partial charge on any atom is 0.310 e. The summed E-state index contributed by atoms with van der Waals surface area (Å²) in [5, 5.41) is 10.7. The smallest absolute Gasteiger partial charge is 0.310 e. The quantitative estimate of drug-likeness (QED) is 0.925. The summed E-state index contributed by atoms with van der Waals surface area (Å²) in [7, 11) is 0. The van der Waals surface area contributed by atoms with Crippen molar-refractivity contribution in [3.8, 4) is 0 Å². The van der Waals surface area contributed by atoms with Crippen molar-refractivity contribution in [2.45, 2.75) is 53.0 Å². The number of likely N-dealkylation sites (tertiary alicyclic amines) is 1. The van der Waals surface area contributed by atoms with Gasteiger partial charge in [0.05, 0.1) is 22.2 Å². The van der Waals surface area contributed by atoms with Gasteiger partial charge in [0.1, 0.15) is 0 Å². The number of piperidine rings is 1. The number of thiazole rings is 1. The van der Waals surface area contributed by atoms with Gasteiger partial charge in [-0.25, -0.2) is 4.98 Å². The molecule has 2 unspecified atom stereocenters. The predicted octanol–water partition coefficient (Wildman–Crippen LogP) is 3.40. The van der Waals surface area contributed by atoms with E-state index in [0.717, 1.165) is 30.1 Å². The Morgan fingerprint density at radius 1 is 1.55 bits per heavy atom. The Kier molecular flexibility index (Phi) is 4.49. The molecular weight excluding hydrogens is 272 g/mol. The number of aryl methyl sites for hydroxylation is 2. The lowest BCUT2D eigenvalue weighted by Gasteiger charge is -2.42. The summed E-state index contributed by atoms with van der Waals surface area (Å²) in [5.41, 5.74) is 0.538. The highest BCUT2D eigenvalue weighted by Gasteiger charge is 2.42. The minimum Gasteiger partial charge on any atom is -0.481 e. The van der Waals surface area contributed by atoms with Gasteiger partial charge in [-0.3, -0.25) is 9.69 Å². The molecule has 1 aliphatic heterocycles. The van der Waals surface area contributed by atoms with Crippen LogP contribution in [0.25, 0.3) is 0 Å². The summed E-state index contributed by atoms with van der Waals surface area (Å²) in [4.78, 5) is 19.8. The molecule has 0 bridgehead atoms. The molecule has 20 heavy (non-hydrogen) atoms. The predicted molar refractivity (Wildman–Crippen MR) is 81.2 cm³/mol. The number of carboxylic acids is 1. The third kappa shape index (κ3) is 2.74. The van der Waals surface area contributed by atoms with Crippen molar-refractivity contribution < 1.29 is 9.90 Å². The molecule has 1 aliphatic rings. The summed E-state index contributed by atoms with van der Waals surface area (Å²) in [6.07, 6.45) is 2.43. The van der Waals surface area contributed by atoms with Crippen LogP contribution in [0.15, 0.2) is 0 Å². The van der Waals surface area contributed by atoms with Gasteiger partial charge < -0.3 is 5.11 Å². The molecule has 2 atom stereocenters. The minimum absolute atomic E-state index is 0.200. The molecule has 5 heteroatoms. The van der Waals surface area contributed by atoms with Gasteiger partial charge in [-0.1, -0.05) is 6.92 Å². The van der Waals surface area contributed by atoms with E-state index in [1.54, 1.807) is 11.3 Å². The molecule has 1 fully saturated rings. The summed E-state index contributed by atoms with van der Waals surface area (Å²) < 4.78 is 0. The topological polar surface area (TPSA) is 53.4 Å². The second-order valence-corrected chi connectivity index (χ2v) is 7.27. The van der Waals surface area contributed by atoms with E-state index in [1.807, 2.05) is 13.8 Å². The van der Waals surface area contributed by atoms with Gasteiger partial charge in [0, 0.05) is 11.4 Å². The molecule has 1 aromatic heterocycles. The Labute approximate surface area is 124 Å². The molecule has 0 amide bonds. The van der Waals surface area contributed by atoms with Crippen molar-refractivity contribution in [1.29, 1.82) is 0 Å². The molecule has 0 spiro atoms. The van der Waals surface area contributed by atoms with E-state index >= 15 is 0 Å². The average Bonchev–Trinajstić information content (AvgIpc) is 2.76. The van der Waals surface area contributed by atoms with Gasteiger partial charge in [0.25, 0.3) is 0 Å². The van der Waals surface area contributed by atoms with Crippen LogP contribution in [0.4, 0.5) is 0 Å². The van der Waals surface area contributed by atoms with E-state index in [1.165, 1.54) is 4.88 Å². The maximum absolute atomic E-state index is 11.6. The van der Waals surface area contributed by atoms with Crippen molar-refractivity contribution in [1.82, 2.24) is 9.88 Å². The molecule has 112 valence electrons. The fourth-order valence-corrected chi connectivity index (χ4v) is 4.13. The lowest BCUT2D eigenvalue weighted by Crippen LogP contribution is -2.48. The Morgan fingerprint density at radius 2 is 2.25 bits per heavy atom. The number of aliphatic carboxylic acids is 1. The van der Waals surface area contributed by atoms with Crippen LogP contribution in [0.3, 0.4) is 0 Å². The zero-order valence-electron chi connectivity index (χ0n) is 12.8. The Morgan fingerprint density at radius 3 is 2.75 bits per heavy atom. The fourth-order valence-electron chi connectivity index (χ4n) is 3.22. The first kappa shape index (κ1) is 15.4. The van der Waals surface area contributed by atoms with Gasteiger partial charge in [-0.15, -0.1) is 11.3 Å². The van der Waals surface area contributed by atoms with Crippen LogP contribution in [0.2, 0.25) is 0 Å². The van der Waals surface area contributed by atoms with Crippen molar-refractivity contribution in [2.75, 3.05) is 13.1 Å². The van der Waals surface area contributed by atoms with E-state index in [2.05, 4.69) is 23.7 Å². The maximum atomic E-state index is 11.6. The van der Waals surface area contributed by atoms with E-state index in [0.29, 0.717) is 13.0 Å². The van der Waals surface area contributed by atoms with Crippen LogP contribution in [0.1, 0.15) is 54.7 Å². The highest BCUT2D eigenvalue weighted by molar-refractivity contribution is 7.11. The van der Waals surface area contributed by atoms with Gasteiger partial charge in [0.2, 0.25) is 0 Å². The van der Waals surface area contributed by atoms with Crippen LogP contribution < -0.4 is 0 Å². The van der Waals surface area contributed by atoms with Gasteiger partial charge >= 0.3 is 5.97 Å². The molecule has 2 heterocycles. The monoisotopic (exact) mass is 296 g/mol. The molecule has 1 N–H and O–H groups in total. The largest absolute Gasteiger partial charge is 0.481 e. The highest BCUT2D eigenvalue weighted by atomic mass is 32.1. The van der Waals surface area contributed by atoms with Gasteiger partial charge in [-0.2, -0.15) is 0 Å². The summed E-state index contributed by atoms with van der Waals surface area (Å²) >= 11 is 1.72. The van der Waals surface area contributed by atoms with Crippen molar-refractivity contribution in [3.63, 3.8) is 0 Å². The first-order valence-corrected chi connectivity index (χ1v) is 8.12. The minimum atomic E-state index is -0.650. The van der Waals surface area contributed by atoms with E-state index in [-0.39, 0.29) is 6.04 Å². The zero-order chi connectivity index (χ0) is 14.9. The first-order chi connectivity index (χ1) is 9.39. The molecule has 1 aromatic rings. The van der Waals surface area contributed by atoms with Crippen LogP contribution in [0, 0.1) is 19.3 Å². The Balaban J connectivity index is 2.20. The van der Waals surface area contributed by atoms with E-state index < -0.39 is 11.4 Å². The highest BCUT2D eigenvalue weighted by Crippen LogP contribution is 2.38. The standard InChI is InChI=1S/C15H24N2O2S/c1-5-15(14(18)19)7-6-8-17(9-15)10(2)13-11(3)20-12(4)16-13/h10H,5-9H2,1-4H3,(H,18,19). The van der Waals surface area contributed by atoms with Crippen molar-refractivity contribution in [3.05, 3.63) is 15.6 Å². The van der Waals surface area contributed by atoms with E-state index in [4.69, 9.17) is 0 Å². The Bertz CT molecular complexity index is 500. The molecule has 2 rings (SSSR count). The second kappa shape index (κ2) is 5.82. The van der Waals surface area contributed by atoms with Crippen molar-refractivity contribution in [2.24, 2.45) is 5.41 Å². The van der Waals surface area contributed by atoms with Crippen LogP contribution in [-0.2, 0) is 4.79 Å². The second-order valence-electron chi connectivity index (χ2n) is 5.86. The van der Waals surface area contributed by atoms with Gasteiger partial charge in [-0.05, 0) is 46.6 Å².